The molecule has 0 amide bonds. The molecule has 6 heteroatoms. The summed E-state index contributed by atoms with van der Waals surface area (Å²) in [5, 5.41) is 17.7. The number of hydrogen-bond acceptors (Lipinski definition) is 3. The van der Waals surface area contributed by atoms with Gasteiger partial charge in [-0.2, -0.15) is 8.78 Å². The Bertz CT molecular complexity index is 460. The number of rotatable bonds is 2. The van der Waals surface area contributed by atoms with E-state index in [-0.39, 0.29) is 24.0 Å². The Kier molecular flexibility index (Phi) is 2.38. The van der Waals surface area contributed by atoms with Gasteiger partial charge in [0.1, 0.15) is 11.4 Å². The Morgan fingerprint density at radius 3 is 2.81 bits per heavy atom. The molecular formula is C10H9F2NO3. The molecule has 0 fully saturated rings. The molecule has 4 nitrogen and oxygen atoms in total. The number of carbonyl (C=O) groups is 1. The normalized spacial score (nSPS) is 17.2. The number of aromatic nitrogens is 1. The SMILES string of the molecule is O=C(O)c1cc(CO)c2c(n1)C(F)(F)CC2. The minimum absolute atomic E-state index is 0.116. The van der Waals surface area contributed by atoms with E-state index >= 15 is 0 Å². The van der Waals surface area contributed by atoms with E-state index < -0.39 is 29.9 Å². The van der Waals surface area contributed by atoms with E-state index in [4.69, 9.17) is 10.2 Å². The van der Waals surface area contributed by atoms with Crippen LogP contribution in [0.15, 0.2) is 6.07 Å². The Labute approximate surface area is 89.6 Å². The van der Waals surface area contributed by atoms with Gasteiger partial charge in [-0.25, -0.2) is 9.78 Å². The lowest BCUT2D eigenvalue weighted by molar-refractivity contribution is -0.00609. The maximum Gasteiger partial charge on any atom is 0.354 e. The van der Waals surface area contributed by atoms with Crippen molar-refractivity contribution in [2.75, 3.05) is 0 Å². The van der Waals surface area contributed by atoms with Gasteiger partial charge >= 0.3 is 5.97 Å². The molecule has 0 saturated carbocycles. The number of aliphatic hydroxyl groups is 1. The quantitative estimate of drug-likeness (QED) is 0.802. The van der Waals surface area contributed by atoms with Gasteiger partial charge < -0.3 is 10.2 Å². The number of hydrogen-bond donors (Lipinski definition) is 2. The van der Waals surface area contributed by atoms with E-state index in [0.717, 1.165) is 6.07 Å². The predicted molar refractivity (Wildman–Crippen MR) is 49.3 cm³/mol. The van der Waals surface area contributed by atoms with Gasteiger partial charge in [0, 0.05) is 6.42 Å². The standard InChI is InChI=1S/C10H9F2NO3/c11-10(12)2-1-6-5(4-14)3-7(9(15)16)13-8(6)10/h3,14H,1-2,4H2,(H,15,16). The first-order chi connectivity index (χ1) is 7.45. The summed E-state index contributed by atoms with van der Waals surface area (Å²) in [4.78, 5) is 14.1. The van der Waals surface area contributed by atoms with Crippen molar-refractivity contribution in [2.24, 2.45) is 0 Å². The number of nitrogens with zero attached hydrogens (tertiary/aromatic N) is 1. The van der Waals surface area contributed by atoms with Gasteiger partial charge in [0.25, 0.3) is 5.92 Å². The van der Waals surface area contributed by atoms with Crippen LogP contribution in [-0.4, -0.2) is 21.2 Å². The van der Waals surface area contributed by atoms with Crippen LogP contribution in [0.5, 0.6) is 0 Å². The Balaban J connectivity index is 2.64. The van der Waals surface area contributed by atoms with Crippen LogP contribution in [0.1, 0.15) is 33.7 Å². The van der Waals surface area contributed by atoms with Gasteiger partial charge in [-0.3, -0.25) is 0 Å². The number of fused-ring (bicyclic) bond motifs is 1. The summed E-state index contributed by atoms with van der Waals surface area (Å²) in [5.41, 5.74) is -0.460. The van der Waals surface area contributed by atoms with Gasteiger partial charge in [-0.1, -0.05) is 0 Å². The molecule has 0 saturated heterocycles. The molecule has 0 aromatic carbocycles. The van der Waals surface area contributed by atoms with E-state index in [9.17, 15) is 13.6 Å². The first-order valence-electron chi connectivity index (χ1n) is 4.71. The Morgan fingerprint density at radius 2 is 2.25 bits per heavy atom. The molecule has 0 spiro atoms. The summed E-state index contributed by atoms with van der Waals surface area (Å²) in [6.07, 6.45) is -0.267. The summed E-state index contributed by atoms with van der Waals surface area (Å²) in [5.74, 6) is -4.47. The van der Waals surface area contributed by atoms with Crippen LogP contribution in [0.25, 0.3) is 0 Å². The molecule has 16 heavy (non-hydrogen) atoms. The highest BCUT2D eigenvalue weighted by molar-refractivity contribution is 5.85. The summed E-state index contributed by atoms with van der Waals surface area (Å²) in [6.45, 7) is -0.457. The van der Waals surface area contributed by atoms with Gasteiger partial charge in [-0.15, -0.1) is 0 Å². The van der Waals surface area contributed by atoms with Crippen molar-refractivity contribution in [3.8, 4) is 0 Å². The van der Waals surface area contributed by atoms with Crippen molar-refractivity contribution in [3.05, 3.63) is 28.6 Å². The number of aliphatic hydroxyl groups excluding tert-OH is 1. The summed E-state index contributed by atoms with van der Waals surface area (Å²) in [6, 6.07) is 1.14. The second-order valence-electron chi connectivity index (χ2n) is 3.66. The summed E-state index contributed by atoms with van der Waals surface area (Å²) in [7, 11) is 0. The smallest absolute Gasteiger partial charge is 0.354 e. The van der Waals surface area contributed by atoms with E-state index in [1.165, 1.54) is 0 Å². The van der Waals surface area contributed by atoms with E-state index in [1.807, 2.05) is 0 Å². The summed E-state index contributed by atoms with van der Waals surface area (Å²) >= 11 is 0. The fourth-order valence-corrected chi connectivity index (χ4v) is 1.86. The number of halogens is 2. The highest BCUT2D eigenvalue weighted by Gasteiger charge is 2.42. The van der Waals surface area contributed by atoms with Crippen molar-refractivity contribution < 1.29 is 23.8 Å². The van der Waals surface area contributed by atoms with Crippen LogP contribution < -0.4 is 0 Å². The second-order valence-corrected chi connectivity index (χ2v) is 3.66. The fourth-order valence-electron chi connectivity index (χ4n) is 1.86. The molecule has 1 aromatic rings. The van der Waals surface area contributed by atoms with Gasteiger partial charge in [-0.05, 0) is 23.6 Å². The lowest BCUT2D eigenvalue weighted by Gasteiger charge is -2.11. The van der Waals surface area contributed by atoms with Crippen LogP contribution >= 0.6 is 0 Å². The molecule has 0 bridgehead atoms. The van der Waals surface area contributed by atoms with Gasteiger partial charge in [0.15, 0.2) is 0 Å². The van der Waals surface area contributed by atoms with Crippen LogP contribution in [0.4, 0.5) is 8.78 Å². The zero-order valence-corrected chi connectivity index (χ0v) is 8.20. The molecule has 86 valence electrons. The number of alkyl halides is 2. The van der Waals surface area contributed by atoms with Crippen LogP contribution in [0.2, 0.25) is 0 Å². The monoisotopic (exact) mass is 229 g/mol. The molecule has 1 aromatic heterocycles. The van der Waals surface area contributed by atoms with Crippen LogP contribution in [-0.2, 0) is 19.0 Å². The molecule has 0 unspecified atom stereocenters. The molecule has 0 aliphatic heterocycles. The average molecular weight is 229 g/mol. The van der Waals surface area contributed by atoms with Gasteiger partial charge in [0.2, 0.25) is 0 Å². The van der Waals surface area contributed by atoms with E-state index in [2.05, 4.69) is 4.98 Å². The topological polar surface area (TPSA) is 70.4 Å². The molecule has 2 N–H and O–H groups in total. The maximum atomic E-state index is 13.4. The van der Waals surface area contributed by atoms with Crippen LogP contribution in [0, 0.1) is 0 Å². The van der Waals surface area contributed by atoms with Crippen molar-refractivity contribution in [1.29, 1.82) is 0 Å². The maximum absolute atomic E-state index is 13.4. The van der Waals surface area contributed by atoms with Crippen molar-refractivity contribution in [1.82, 2.24) is 4.98 Å². The number of aromatic carboxylic acids is 1. The Morgan fingerprint density at radius 1 is 1.56 bits per heavy atom. The molecule has 0 atom stereocenters. The lowest BCUT2D eigenvalue weighted by atomic mass is 10.1. The van der Waals surface area contributed by atoms with Crippen molar-refractivity contribution in [2.45, 2.75) is 25.4 Å². The zero-order valence-electron chi connectivity index (χ0n) is 8.20. The molecule has 1 aliphatic carbocycles. The molecule has 1 aliphatic rings. The predicted octanol–water partition coefficient (Wildman–Crippen LogP) is 1.31. The molecule has 1 heterocycles. The van der Waals surface area contributed by atoms with Gasteiger partial charge in [0.05, 0.1) is 6.61 Å². The van der Waals surface area contributed by atoms with E-state index in [0.29, 0.717) is 0 Å². The Hall–Kier alpha value is -1.56. The number of carboxylic acid groups (broad SMARTS) is 1. The lowest BCUT2D eigenvalue weighted by Crippen LogP contribution is -2.14. The number of pyridine rings is 1. The van der Waals surface area contributed by atoms with Crippen LogP contribution in [0.3, 0.4) is 0 Å². The molecular weight excluding hydrogens is 220 g/mol. The second kappa shape index (κ2) is 3.48. The molecule has 0 radical (unpaired) electrons. The van der Waals surface area contributed by atoms with Crippen molar-refractivity contribution in [3.63, 3.8) is 0 Å². The fraction of sp³-hybridized carbons (Fsp3) is 0.400. The third-order valence-electron chi connectivity index (χ3n) is 2.64. The van der Waals surface area contributed by atoms with E-state index in [1.54, 1.807) is 0 Å². The third kappa shape index (κ3) is 1.55. The largest absolute Gasteiger partial charge is 0.477 e. The first kappa shape index (κ1) is 10.9. The zero-order chi connectivity index (χ0) is 11.9. The highest BCUT2D eigenvalue weighted by Crippen LogP contribution is 2.41. The average Bonchev–Trinajstić information content (AvgIpc) is 2.54. The number of carboxylic acids is 1. The first-order valence-corrected chi connectivity index (χ1v) is 4.71. The third-order valence-corrected chi connectivity index (χ3v) is 2.64. The minimum Gasteiger partial charge on any atom is -0.477 e. The minimum atomic E-state index is -3.09. The molecule has 2 rings (SSSR count). The highest BCUT2D eigenvalue weighted by atomic mass is 19.3. The van der Waals surface area contributed by atoms with Crippen molar-refractivity contribution >= 4 is 5.97 Å². The summed E-state index contributed by atoms with van der Waals surface area (Å²) < 4.78 is 26.7.